The second-order valence-corrected chi connectivity index (χ2v) is 8.22. The van der Waals surface area contributed by atoms with Crippen molar-refractivity contribution in [2.24, 2.45) is 0 Å². The smallest absolute Gasteiger partial charge is 0.414 e. The highest BCUT2D eigenvalue weighted by atomic mass is 32.1. The van der Waals surface area contributed by atoms with E-state index in [2.05, 4.69) is 15.6 Å². The Hall–Kier alpha value is -2.78. The highest BCUT2D eigenvalue weighted by molar-refractivity contribution is 7.17. The van der Waals surface area contributed by atoms with Crippen molar-refractivity contribution < 1.29 is 19.1 Å². The van der Waals surface area contributed by atoms with Crippen LogP contribution in [-0.2, 0) is 17.6 Å². The lowest BCUT2D eigenvalue weighted by Crippen LogP contribution is -2.32. The Morgan fingerprint density at radius 3 is 2.89 bits per heavy atom. The van der Waals surface area contributed by atoms with E-state index in [1.165, 1.54) is 22.7 Å². The molecule has 0 atom stereocenters. The molecule has 0 unspecified atom stereocenters. The lowest BCUT2D eigenvalue weighted by Gasteiger charge is -2.09. The largest absolute Gasteiger partial charge is 0.450 e. The standard InChI is InChI=1S/C19H17N3O4S2/c1-2-26-19(25)22-17(24)15-11-4-3-5-13(11)28-18(15)21-16(23)10-6-7-12-14(8-10)27-9-20-12/h6-9H,2-5H2,1H3,(H,21,23)(H,22,24,25). The van der Waals surface area contributed by atoms with E-state index in [0.29, 0.717) is 16.1 Å². The average molecular weight is 415 g/mol. The quantitative estimate of drug-likeness (QED) is 0.672. The van der Waals surface area contributed by atoms with Crippen molar-refractivity contribution in [2.75, 3.05) is 11.9 Å². The number of carbonyl (C=O) groups excluding carboxylic acids is 3. The van der Waals surface area contributed by atoms with E-state index in [0.717, 1.165) is 39.9 Å². The lowest BCUT2D eigenvalue weighted by atomic mass is 10.1. The molecular weight excluding hydrogens is 398 g/mol. The molecule has 3 amide bonds. The van der Waals surface area contributed by atoms with Gasteiger partial charge in [0.25, 0.3) is 11.8 Å². The first kappa shape index (κ1) is 18.6. The minimum Gasteiger partial charge on any atom is -0.450 e. The Morgan fingerprint density at radius 2 is 2.07 bits per heavy atom. The third kappa shape index (κ3) is 3.50. The van der Waals surface area contributed by atoms with Crippen LogP contribution in [0.15, 0.2) is 23.7 Å². The highest BCUT2D eigenvalue weighted by Gasteiger charge is 2.28. The van der Waals surface area contributed by atoms with Gasteiger partial charge in [-0.25, -0.2) is 9.78 Å². The summed E-state index contributed by atoms with van der Waals surface area (Å²) < 4.78 is 5.71. The molecule has 2 N–H and O–H groups in total. The predicted octanol–water partition coefficient (Wildman–Crippen LogP) is 3.99. The first-order chi connectivity index (χ1) is 13.6. The van der Waals surface area contributed by atoms with Crippen LogP contribution in [-0.4, -0.2) is 29.5 Å². The molecule has 0 spiro atoms. The van der Waals surface area contributed by atoms with E-state index in [4.69, 9.17) is 4.74 Å². The molecule has 7 nitrogen and oxygen atoms in total. The number of aryl methyl sites for hydroxylation is 1. The molecule has 2 heterocycles. The molecule has 4 rings (SSSR count). The third-order valence-electron chi connectivity index (χ3n) is 4.46. The monoisotopic (exact) mass is 415 g/mol. The number of hydrogen-bond acceptors (Lipinski definition) is 7. The van der Waals surface area contributed by atoms with Gasteiger partial charge in [0.1, 0.15) is 5.00 Å². The van der Waals surface area contributed by atoms with Gasteiger partial charge in [0.2, 0.25) is 0 Å². The molecule has 144 valence electrons. The second-order valence-electron chi connectivity index (χ2n) is 6.23. The number of aromatic nitrogens is 1. The van der Waals surface area contributed by atoms with Gasteiger partial charge >= 0.3 is 6.09 Å². The topological polar surface area (TPSA) is 97.4 Å². The summed E-state index contributed by atoms with van der Waals surface area (Å²) >= 11 is 2.85. The maximum Gasteiger partial charge on any atom is 0.414 e. The average Bonchev–Trinajstić information content (AvgIpc) is 3.36. The number of carbonyl (C=O) groups is 3. The van der Waals surface area contributed by atoms with Gasteiger partial charge in [0.05, 0.1) is 27.9 Å². The first-order valence-corrected chi connectivity index (χ1v) is 10.5. The number of thiazole rings is 1. The molecule has 0 aliphatic heterocycles. The molecule has 2 aromatic heterocycles. The fourth-order valence-corrected chi connectivity index (χ4v) is 5.22. The summed E-state index contributed by atoms with van der Waals surface area (Å²) in [6.45, 7) is 1.84. The van der Waals surface area contributed by atoms with Crippen LogP contribution in [0.5, 0.6) is 0 Å². The number of hydrogen-bond donors (Lipinski definition) is 2. The fourth-order valence-electron chi connectivity index (χ4n) is 3.23. The van der Waals surface area contributed by atoms with Crippen LogP contribution in [0.4, 0.5) is 9.80 Å². The third-order valence-corrected chi connectivity index (χ3v) is 6.46. The van der Waals surface area contributed by atoms with Gasteiger partial charge in [0.15, 0.2) is 0 Å². The van der Waals surface area contributed by atoms with E-state index in [1.807, 2.05) is 0 Å². The number of benzene rings is 1. The molecular formula is C19H17N3O4S2. The Bertz CT molecular complexity index is 1090. The zero-order valence-electron chi connectivity index (χ0n) is 15.0. The maximum atomic E-state index is 12.8. The summed E-state index contributed by atoms with van der Waals surface area (Å²) in [5.74, 6) is -0.855. The van der Waals surface area contributed by atoms with Crippen molar-refractivity contribution in [3.05, 3.63) is 45.3 Å². The molecule has 1 aliphatic rings. The van der Waals surface area contributed by atoms with Crippen molar-refractivity contribution in [3.8, 4) is 0 Å². The van der Waals surface area contributed by atoms with Crippen LogP contribution in [0.2, 0.25) is 0 Å². The van der Waals surface area contributed by atoms with E-state index < -0.39 is 12.0 Å². The number of alkyl carbamates (subject to hydrolysis) is 1. The van der Waals surface area contributed by atoms with Gasteiger partial charge < -0.3 is 10.1 Å². The van der Waals surface area contributed by atoms with E-state index >= 15 is 0 Å². The van der Waals surface area contributed by atoms with Crippen LogP contribution in [0.1, 0.15) is 44.5 Å². The fraction of sp³-hybridized carbons (Fsp3) is 0.263. The van der Waals surface area contributed by atoms with Crippen LogP contribution in [0.3, 0.4) is 0 Å². The summed E-state index contributed by atoms with van der Waals surface area (Å²) in [4.78, 5) is 42.4. The summed E-state index contributed by atoms with van der Waals surface area (Å²) in [6.07, 6.45) is 1.78. The number of fused-ring (bicyclic) bond motifs is 2. The highest BCUT2D eigenvalue weighted by Crippen LogP contribution is 2.39. The number of nitrogens with zero attached hydrogens (tertiary/aromatic N) is 1. The molecule has 0 saturated heterocycles. The van der Waals surface area contributed by atoms with Crippen molar-refractivity contribution in [1.82, 2.24) is 10.3 Å². The summed E-state index contributed by atoms with van der Waals surface area (Å²) in [7, 11) is 0. The van der Waals surface area contributed by atoms with Gasteiger partial charge in [-0.15, -0.1) is 22.7 Å². The Kier molecular flexibility index (Phi) is 5.10. The SMILES string of the molecule is CCOC(=O)NC(=O)c1c(NC(=O)c2ccc3ncsc3c2)sc2c1CCC2. The number of imide groups is 1. The molecule has 0 radical (unpaired) electrons. The van der Waals surface area contributed by atoms with E-state index in [-0.39, 0.29) is 12.5 Å². The zero-order chi connectivity index (χ0) is 19.7. The van der Waals surface area contributed by atoms with Crippen molar-refractivity contribution >= 4 is 55.8 Å². The number of nitrogens with one attached hydrogen (secondary N) is 2. The van der Waals surface area contributed by atoms with Gasteiger partial charge in [-0.2, -0.15) is 0 Å². The molecule has 3 aromatic rings. The van der Waals surface area contributed by atoms with Crippen LogP contribution < -0.4 is 10.6 Å². The zero-order valence-corrected chi connectivity index (χ0v) is 16.7. The number of ether oxygens (including phenoxy) is 1. The molecule has 0 saturated carbocycles. The number of thiophene rings is 1. The Labute approximate surface area is 168 Å². The van der Waals surface area contributed by atoms with Crippen molar-refractivity contribution in [1.29, 1.82) is 0 Å². The van der Waals surface area contributed by atoms with Crippen LogP contribution in [0.25, 0.3) is 10.2 Å². The molecule has 9 heteroatoms. The van der Waals surface area contributed by atoms with E-state index in [1.54, 1.807) is 30.6 Å². The summed E-state index contributed by atoms with van der Waals surface area (Å²) in [6, 6.07) is 5.28. The van der Waals surface area contributed by atoms with Crippen molar-refractivity contribution in [3.63, 3.8) is 0 Å². The van der Waals surface area contributed by atoms with Crippen molar-refractivity contribution in [2.45, 2.75) is 26.2 Å². The predicted molar refractivity (Wildman–Crippen MR) is 108 cm³/mol. The number of rotatable bonds is 4. The number of amides is 3. The normalized spacial score (nSPS) is 12.6. The molecule has 0 fully saturated rings. The van der Waals surface area contributed by atoms with Gasteiger partial charge in [0, 0.05) is 10.4 Å². The maximum absolute atomic E-state index is 12.8. The number of anilines is 1. The minimum absolute atomic E-state index is 0.171. The van der Waals surface area contributed by atoms with Gasteiger partial charge in [-0.05, 0) is 49.9 Å². The Balaban J connectivity index is 1.61. The molecule has 28 heavy (non-hydrogen) atoms. The minimum atomic E-state index is -0.793. The van der Waals surface area contributed by atoms with E-state index in [9.17, 15) is 14.4 Å². The van der Waals surface area contributed by atoms with Gasteiger partial charge in [-0.1, -0.05) is 0 Å². The summed E-state index contributed by atoms with van der Waals surface area (Å²) in [5.41, 5.74) is 4.32. The molecule has 0 bridgehead atoms. The lowest BCUT2D eigenvalue weighted by molar-refractivity contribution is 0.0925. The summed E-state index contributed by atoms with van der Waals surface area (Å²) in [5, 5.41) is 5.55. The second kappa shape index (κ2) is 7.69. The van der Waals surface area contributed by atoms with Crippen LogP contribution in [0, 0.1) is 0 Å². The first-order valence-electron chi connectivity index (χ1n) is 8.84. The Morgan fingerprint density at radius 1 is 1.21 bits per heavy atom. The molecule has 1 aliphatic carbocycles. The van der Waals surface area contributed by atoms with Gasteiger partial charge in [-0.3, -0.25) is 14.9 Å². The van der Waals surface area contributed by atoms with Crippen LogP contribution >= 0.6 is 22.7 Å². The molecule has 1 aromatic carbocycles.